The Hall–Kier alpha value is -1.64. The van der Waals surface area contributed by atoms with Gasteiger partial charge in [0.15, 0.2) is 0 Å². The summed E-state index contributed by atoms with van der Waals surface area (Å²) in [6.07, 6.45) is 1.93. The second kappa shape index (κ2) is 5.29. The highest BCUT2D eigenvalue weighted by molar-refractivity contribution is 5.86. The van der Waals surface area contributed by atoms with E-state index < -0.39 is 0 Å². The average molecular weight is 207 g/mol. The Labute approximate surface area is 88.8 Å². The molecule has 1 amide bonds. The molecule has 3 heteroatoms. The average Bonchev–Trinajstić information content (AvgIpc) is 2.21. The molecule has 0 radical (unpaired) electrons. The van der Waals surface area contributed by atoms with Crippen LogP contribution in [0.2, 0.25) is 0 Å². The lowest BCUT2D eigenvalue weighted by molar-refractivity contribution is -0.116. The Balaban J connectivity index is 2.51. The summed E-state index contributed by atoms with van der Waals surface area (Å²) in [7, 11) is 0. The fraction of sp³-hybridized carbons (Fsp3) is 0.250. The topological polar surface area (TPSA) is 29.1 Å². The first-order chi connectivity index (χ1) is 7.13. The molecule has 0 saturated heterocycles. The summed E-state index contributed by atoms with van der Waals surface area (Å²) in [6, 6.07) is 4.66. The molecule has 1 aromatic rings. The molecule has 80 valence electrons. The van der Waals surface area contributed by atoms with E-state index in [1.165, 1.54) is 18.2 Å². The molecule has 0 spiro atoms. The maximum Gasteiger partial charge on any atom is 0.243 e. The summed E-state index contributed by atoms with van der Waals surface area (Å²) in [4.78, 5) is 10.9. The Kier molecular flexibility index (Phi) is 4.03. The number of nitrogens with one attached hydrogen (secondary N) is 1. The van der Waals surface area contributed by atoms with Crippen LogP contribution in [0.3, 0.4) is 0 Å². The zero-order valence-electron chi connectivity index (χ0n) is 8.72. The van der Waals surface area contributed by atoms with Gasteiger partial charge >= 0.3 is 0 Å². The second-order valence-corrected chi connectivity index (χ2v) is 3.32. The van der Waals surface area contributed by atoms with Crippen molar-refractivity contribution in [3.63, 3.8) is 0 Å². The van der Waals surface area contributed by atoms with Crippen LogP contribution >= 0.6 is 0 Å². The number of carbonyl (C=O) groups excluding carboxylic acids is 1. The van der Waals surface area contributed by atoms with E-state index in [0.717, 1.165) is 11.1 Å². The molecule has 0 heterocycles. The molecule has 0 aliphatic rings. The summed E-state index contributed by atoms with van der Waals surface area (Å²) >= 11 is 0. The van der Waals surface area contributed by atoms with Crippen LogP contribution in [0, 0.1) is 12.7 Å². The highest BCUT2D eigenvalue weighted by atomic mass is 19.1. The zero-order valence-corrected chi connectivity index (χ0v) is 8.72. The number of hydrogen-bond donors (Lipinski definition) is 1. The normalized spacial score (nSPS) is 9.73. The first kappa shape index (κ1) is 11.4. The quantitative estimate of drug-likeness (QED) is 0.751. The van der Waals surface area contributed by atoms with Crippen LogP contribution in [0.5, 0.6) is 0 Å². The van der Waals surface area contributed by atoms with Gasteiger partial charge in [-0.25, -0.2) is 4.39 Å². The maximum absolute atomic E-state index is 12.8. The molecule has 15 heavy (non-hydrogen) atoms. The molecule has 0 aromatic heterocycles. The summed E-state index contributed by atoms with van der Waals surface area (Å²) in [5.74, 6) is -0.416. The van der Waals surface area contributed by atoms with Gasteiger partial charge in [-0.1, -0.05) is 12.6 Å². The molecule has 0 atom stereocenters. The first-order valence-electron chi connectivity index (χ1n) is 4.79. The van der Waals surface area contributed by atoms with Gasteiger partial charge < -0.3 is 5.32 Å². The molecular weight excluding hydrogens is 193 g/mol. The molecule has 1 N–H and O–H groups in total. The van der Waals surface area contributed by atoms with E-state index in [9.17, 15) is 9.18 Å². The molecule has 0 bridgehead atoms. The smallest absolute Gasteiger partial charge is 0.243 e. The molecular formula is C12H14FNO. The number of hydrogen-bond acceptors (Lipinski definition) is 1. The lowest BCUT2D eigenvalue weighted by Crippen LogP contribution is -2.23. The van der Waals surface area contributed by atoms with Crippen LogP contribution in [0.4, 0.5) is 4.39 Å². The zero-order chi connectivity index (χ0) is 11.3. The summed E-state index contributed by atoms with van der Waals surface area (Å²) in [5, 5.41) is 2.67. The lowest BCUT2D eigenvalue weighted by Gasteiger charge is -2.06. The van der Waals surface area contributed by atoms with E-state index in [2.05, 4.69) is 11.9 Å². The van der Waals surface area contributed by atoms with Crippen molar-refractivity contribution in [3.8, 4) is 0 Å². The summed E-state index contributed by atoms with van der Waals surface area (Å²) < 4.78 is 12.8. The highest BCUT2D eigenvalue weighted by Gasteiger charge is 2.00. The number of rotatable bonds is 4. The molecule has 0 aliphatic carbocycles. The van der Waals surface area contributed by atoms with Crippen LogP contribution in [0.25, 0.3) is 0 Å². The minimum Gasteiger partial charge on any atom is -0.352 e. The van der Waals surface area contributed by atoms with Crippen molar-refractivity contribution < 1.29 is 9.18 Å². The Morgan fingerprint density at radius 3 is 2.93 bits per heavy atom. The van der Waals surface area contributed by atoms with Crippen molar-refractivity contribution in [2.24, 2.45) is 0 Å². The molecule has 0 aliphatic heterocycles. The minimum absolute atomic E-state index is 0.185. The molecule has 0 saturated carbocycles. The standard InChI is InChI=1S/C12H14FNO/c1-3-12(15)14-7-6-10-4-5-11(13)8-9(10)2/h3-5,8H,1,6-7H2,2H3,(H,14,15). The van der Waals surface area contributed by atoms with E-state index >= 15 is 0 Å². The molecule has 0 fully saturated rings. The van der Waals surface area contributed by atoms with Crippen LogP contribution in [-0.4, -0.2) is 12.5 Å². The second-order valence-electron chi connectivity index (χ2n) is 3.32. The molecule has 2 nitrogen and oxygen atoms in total. The van der Waals surface area contributed by atoms with E-state index in [1.54, 1.807) is 6.07 Å². The minimum atomic E-state index is -0.230. The van der Waals surface area contributed by atoms with Crippen LogP contribution in [0.1, 0.15) is 11.1 Å². The van der Waals surface area contributed by atoms with E-state index in [4.69, 9.17) is 0 Å². The molecule has 0 unspecified atom stereocenters. The third kappa shape index (κ3) is 3.54. The largest absolute Gasteiger partial charge is 0.352 e. The predicted molar refractivity (Wildman–Crippen MR) is 58.0 cm³/mol. The fourth-order valence-electron chi connectivity index (χ4n) is 1.33. The Bertz CT molecular complexity index is 374. The van der Waals surface area contributed by atoms with Crippen LogP contribution in [0.15, 0.2) is 30.9 Å². The maximum atomic E-state index is 12.8. The fourth-order valence-corrected chi connectivity index (χ4v) is 1.33. The van der Waals surface area contributed by atoms with Gasteiger partial charge in [-0.3, -0.25) is 4.79 Å². The molecule has 1 aromatic carbocycles. The number of carbonyl (C=O) groups is 1. The summed E-state index contributed by atoms with van der Waals surface area (Å²) in [5.41, 5.74) is 1.95. The van der Waals surface area contributed by atoms with Crippen LogP contribution in [-0.2, 0) is 11.2 Å². The number of aryl methyl sites for hydroxylation is 1. The lowest BCUT2D eigenvalue weighted by atomic mass is 10.1. The Morgan fingerprint density at radius 2 is 2.33 bits per heavy atom. The first-order valence-corrected chi connectivity index (χ1v) is 4.79. The van der Waals surface area contributed by atoms with Gasteiger partial charge in [-0.15, -0.1) is 0 Å². The Morgan fingerprint density at radius 1 is 1.60 bits per heavy atom. The van der Waals surface area contributed by atoms with Gasteiger partial charge in [0.05, 0.1) is 0 Å². The van der Waals surface area contributed by atoms with Gasteiger partial charge in [0.2, 0.25) is 5.91 Å². The van der Waals surface area contributed by atoms with Crippen molar-refractivity contribution in [1.82, 2.24) is 5.32 Å². The van der Waals surface area contributed by atoms with Crippen molar-refractivity contribution in [1.29, 1.82) is 0 Å². The SMILES string of the molecule is C=CC(=O)NCCc1ccc(F)cc1C. The third-order valence-electron chi connectivity index (χ3n) is 2.18. The van der Waals surface area contributed by atoms with Gasteiger partial charge in [0.1, 0.15) is 5.82 Å². The van der Waals surface area contributed by atoms with Gasteiger partial charge in [-0.05, 0) is 42.7 Å². The van der Waals surface area contributed by atoms with Gasteiger partial charge in [-0.2, -0.15) is 0 Å². The van der Waals surface area contributed by atoms with Gasteiger partial charge in [0.25, 0.3) is 0 Å². The van der Waals surface area contributed by atoms with Crippen molar-refractivity contribution in [2.75, 3.05) is 6.54 Å². The van der Waals surface area contributed by atoms with E-state index in [-0.39, 0.29) is 11.7 Å². The monoisotopic (exact) mass is 207 g/mol. The van der Waals surface area contributed by atoms with Crippen LogP contribution < -0.4 is 5.32 Å². The van der Waals surface area contributed by atoms with Crippen molar-refractivity contribution in [3.05, 3.63) is 47.8 Å². The third-order valence-corrected chi connectivity index (χ3v) is 2.18. The van der Waals surface area contributed by atoms with Crippen molar-refractivity contribution >= 4 is 5.91 Å². The van der Waals surface area contributed by atoms with E-state index in [0.29, 0.717) is 13.0 Å². The van der Waals surface area contributed by atoms with E-state index in [1.807, 2.05) is 6.92 Å². The number of halogens is 1. The summed E-state index contributed by atoms with van der Waals surface area (Å²) in [6.45, 7) is 5.75. The highest BCUT2D eigenvalue weighted by Crippen LogP contribution is 2.10. The molecule has 1 rings (SSSR count). The van der Waals surface area contributed by atoms with Crippen molar-refractivity contribution in [2.45, 2.75) is 13.3 Å². The number of benzene rings is 1. The predicted octanol–water partition coefficient (Wildman–Crippen LogP) is 1.98. The van der Waals surface area contributed by atoms with Gasteiger partial charge in [0, 0.05) is 6.54 Å². The number of amides is 1.